The van der Waals surface area contributed by atoms with E-state index in [0.717, 1.165) is 10.9 Å². The molecule has 0 aliphatic rings. The van der Waals surface area contributed by atoms with Crippen molar-refractivity contribution < 1.29 is 4.79 Å². The predicted molar refractivity (Wildman–Crippen MR) is 95.6 cm³/mol. The van der Waals surface area contributed by atoms with E-state index in [2.05, 4.69) is 20.4 Å². The summed E-state index contributed by atoms with van der Waals surface area (Å²) in [6.45, 7) is 1.79. The summed E-state index contributed by atoms with van der Waals surface area (Å²) in [4.78, 5) is 25.5. The number of nitrogens with zero attached hydrogens (tertiary/aromatic N) is 4. The Morgan fingerprint density at radius 2 is 1.88 bits per heavy atom. The molecule has 0 saturated heterocycles. The van der Waals surface area contributed by atoms with Gasteiger partial charge in [0.2, 0.25) is 0 Å². The number of aromatic nitrogens is 4. The zero-order valence-electron chi connectivity index (χ0n) is 13.5. The molecule has 0 saturated carbocycles. The van der Waals surface area contributed by atoms with Crippen molar-refractivity contribution in [2.75, 3.05) is 5.43 Å². The lowest BCUT2D eigenvalue weighted by Crippen LogP contribution is -2.23. The maximum Gasteiger partial charge on any atom is 0.273 e. The van der Waals surface area contributed by atoms with Crippen LogP contribution in [0.25, 0.3) is 22.4 Å². The van der Waals surface area contributed by atoms with Crippen molar-refractivity contribution in [3.8, 4) is 11.5 Å². The Kier molecular flexibility index (Phi) is 3.70. The quantitative estimate of drug-likeness (QED) is 0.626. The second-order valence-electron chi connectivity index (χ2n) is 5.59. The van der Waals surface area contributed by atoms with Crippen molar-refractivity contribution in [1.82, 2.24) is 19.6 Å². The number of rotatable bonds is 3. The molecule has 0 bridgehead atoms. The molecule has 0 radical (unpaired) electrons. The third kappa shape index (κ3) is 2.85. The van der Waals surface area contributed by atoms with E-state index in [-0.39, 0.29) is 5.91 Å². The lowest BCUT2D eigenvalue weighted by molar-refractivity contribution is 0.101. The van der Waals surface area contributed by atoms with Gasteiger partial charge >= 0.3 is 0 Å². The molecule has 6 heteroatoms. The maximum atomic E-state index is 12.6. The molecule has 25 heavy (non-hydrogen) atoms. The van der Waals surface area contributed by atoms with Crippen molar-refractivity contribution >= 4 is 16.8 Å². The number of amides is 1. The summed E-state index contributed by atoms with van der Waals surface area (Å²) in [7, 11) is 0. The summed E-state index contributed by atoms with van der Waals surface area (Å²) < 4.78 is 1.70. The van der Waals surface area contributed by atoms with Gasteiger partial charge in [0, 0.05) is 24.0 Å². The van der Waals surface area contributed by atoms with Gasteiger partial charge in [0.15, 0.2) is 5.82 Å². The minimum absolute atomic E-state index is 0.258. The molecule has 3 heterocycles. The molecule has 6 nitrogen and oxygen atoms in total. The van der Waals surface area contributed by atoms with Crippen molar-refractivity contribution in [2.45, 2.75) is 6.92 Å². The van der Waals surface area contributed by atoms with Crippen LogP contribution in [0.4, 0.5) is 0 Å². The Balaban J connectivity index is 1.62. The zero-order valence-corrected chi connectivity index (χ0v) is 13.5. The molecule has 3 aromatic heterocycles. The summed E-state index contributed by atoms with van der Waals surface area (Å²) in [5, 5.41) is 1.06. The van der Waals surface area contributed by atoms with Crippen LogP contribution in [0.15, 0.2) is 67.1 Å². The van der Waals surface area contributed by atoms with Crippen LogP contribution < -0.4 is 5.43 Å². The largest absolute Gasteiger partial charge is 0.273 e. The molecule has 0 spiro atoms. The van der Waals surface area contributed by atoms with Crippen LogP contribution in [0.2, 0.25) is 0 Å². The molecule has 0 fully saturated rings. The monoisotopic (exact) mass is 329 g/mol. The lowest BCUT2D eigenvalue weighted by atomic mass is 10.2. The average Bonchev–Trinajstić information content (AvgIpc) is 3.05. The van der Waals surface area contributed by atoms with Crippen LogP contribution in [0.3, 0.4) is 0 Å². The van der Waals surface area contributed by atoms with Crippen LogP contribution in [-0.2, 0) is 0 Å². The molecular formula is C19H15N5O. The Bertz CT molecular complexity index is 1060. The van der Waals surface area contributed by atoms with Gasteiger partial charge in [-0.25, -0.2) is 9.97 Å². The van der Waals surface area contributed by atoms with E-state index in [4.69, 9.17) is 0 Å². The molecule has 0 unspecified atom stereocenters. The number of carbonyl (C=O) groups is 1. The predicted octanol–water partition coefficient (Wildman–Crippen LogP) is 3.19. The first kappa shape index (κ1) is 15.0. The van der Waals surface area contributed by atoms with Gasteiger partial charge in [-0.1, -0.05) is 24.3 Å². The van der Waals surface area contributed by atoms with Gasteiger partial charge in [-0.3, -0.25) is 19.9 Å². The number of hydrogen-bond acceptors (Lipinski definition) is 4. The van der Waals surface area contributed by atoms with Gasteiger partial charge in [0.05, 0.1) is 16.8 Å². The molecule has 1 N–H and O–H groups in total. The van der Waals surface area contributed by atoms with Crippen LogP contribution >= 0.6 is 0 Å². The molecule has 1 amide bonds. The number of fused-ring (bicyclic) bond motifs is 1. The minimum Gasteiger partial charge on any atom is -0.267 e. The van der Waals surface area contributed by atoms with Crippen LogP contribution in [0.1, 0.15) is 16.1 Å². The lowest BCUT2D eigenvalue weighted by Gasteiger charge is -2.10. The molecule has 4 aromatic rings. The Morgan fingerprint density at radius 3 is 2.68 bits per heavy atom. The van der Waals surface area contributed by atoms with Crippen molar-refractivity contribution in [3.63, 3.8) is 0 Å². The maximum absolute atomic E-state index is 12.6. The minimum atomic E-state index is -0.258. The molecule has 0 atom stereocenters. The van der Waals surface area contributed by atoms with Gasteiger partial charge in [0.1, 0.15) is 5.69 Å². The topological polar surface area (TPSA) is 72.7 Å². The molecule has 4 rings (SSSR count). The summed E-state index contributed by atoms with van der Waals surface area (Å²) in [5.74, 6) is 0.243. The van der Waals surface area contributed by atoms with E-state index in [0.29, 0.717) is 22.8 Å². The number of benzene rings is 1. The standard InChI is InChI=1S/C19H15N5O/c1-13-15(12-21-18(22-13)16-7-4-5-10-20-16)19(25)23-24-11-9-14-6-2-3-8-17(14)24/h2-12H,1H3,(H,23,25). The summed E-state index contributed by atoms with van der Waals surface area (Å²) >= 11 is 0. The average molecular weight is 329 g/mol. The van der Waals surface area contributed by atoms with Crippen LogP contribution in [0.5, 0.6) is 0 Å². The van der Waals surface area contributed by atoms with Gasteiger partial charge in [-0.15, -0.1) is 0 Å². The summed E-state index contributed by atoms with van der Waals surface area (Å²) in [5.41, 5.74) is 5.50. The van der Waals surface area contributed by atoms with E-state index in [1.807, 2.05) is 54.7 Å². The van der Waals surface area contributed by atoms with Gasteiger partial charge in [-0.2, -0.15) is 0 Å². The smallest absolute Gasteiger partial charge is 0.267 e. The van der Waals surface area contributed by atoms with Crippen LogP contribution in [-0.4, -0.2) is 25.5 Å². The molecule has 122 valence electrons. The highest BCUT2D eigenvalue weighted by Gasteiger charge is 2.14. The first-order valence-corrected chi connectivity index (χ1v) is 7.85. The molecular weight excluding hydrogens is 314 g/mol. The highest BCUT2D eigenvalue weighted by molar-refractivity contribution is 6.01. The zero-order chi connectivity index (χ0) is 17.2. The van der Waals surface area contributed by atoms with E-state index >= 15 is 0 Å². The molecule has 1 aromatic carbocycles. The second-order valence-corrected chi connectivity index (χ2v) is 5.59. The number of aryl methyl sites for hydroxylation is 1. The van der Waals surface area contributed by atoms with Crippen molar-refractivity contribution in [3.05, 3.63) is 78.4 Å². The third-order valence-electron chi connectivity index (χ3n) is 3.94. The summed E-state index contributed by atoms with van der Waals surface area (Å²) in [6.07, 6.45) is 5.04. The Morgan fingerprint density at radius 1 is 1.04 bits per heavy atom. The van der Waals surface area contributed by atoms with E-state index < -0.39 is 0 Å². The normalized spacial score (nSPS) is 10.8. The number of para-hydroxylation sites is 1. The van der Waals surface area contributed by atoms with E-state index in [1.54, 1.807) is 17.8 Å². The van der Waals surface area contributed by atoms with Crippen molar-refractivity contribution in [1.29, 1.82) is 0 Å². The first-order valence-electron chi connectivity index (χ1n) is 7.85. The van der Waals surface area contributed by atoms with Gasteiger partial charge in [0.25, 0.3) is 5.91 Å². The third-order valence-corrected chi connectivity index (χ3v) is 3.94. The fourth-order valence-corrected chi connectivity index (χ4v) is 2.66. The first-order chi connectivity index (χ1) is 12.2. The fraction of sp³-hybridized carbons (Fsp3) is 0.0526. The SMILES string of the molecule is Cc1nc(-c2ccccn2)ncc1C(=O)Nn1ccc2ccccc21. The number of nitrogens with one attached hydrogen (secondary N) is 1. The van der Waals surface area contributed by atoms with Crippen LogP contribution in [0, 0.1) is 6.92 Å². The molecule has 0 aliphatic heterocycles. The fourth-order valence-electron chi connectivity index (χ4n) is 2.66. The highest BCUT2D eigenvalue weighted by Crippen LogP contribution is 2.16. The Labute approximate surface area is 144 Å². The van der Waals surface area contributed by atoms with Gasteiger partial charge in [-0.05, 0) is 31.2 Å². The Hall–Kier alpha value is -3.54. The number of pyridine rings is 1. The number of carbonyl (C=O) groups excluding carboxylic acids is 1. The summed E-state index contributed by atoms with van der Waals surface area (Å²) in [6, 6.07) is 15.3. The highest BCUT2D eigenvalue weighted by atomic mass is 16.2. The molecule has 0 aliphatic carbocycles. The number of hydrogen-bond donors (Lipinski definition) is 1. The second kappa shape index (κ2) is 6.16. The van der Waals surface area contributed by atoms with Crippen molar-refractivity contribution in [2.24, 2.45) is 0 Å². The van der Waals surface area contributed by atoms with E-state index in [9.17, 15) is 4.79 Å². The van der Waals surface area contributed by atoms with E-state index in [1.165, 1.54) is 6.20 Å². The van der Waals surface area contributed by atoms with Gasteiger partial charge < -0.3 is 0 Å².